The van der Waals surface area contributed by atoms with E-state index in [9.17, 15) is 4.39 Å². The van der Waals surface area contributed by atoms with E-state index in [4.69, 9.17) is 10.5 Å². The summed E-state index contributed by atoms with van der Waals surface area (Å²) >= 11 is 0. The predicted octanol–water partition coefficient (Wildman–Crippen LogP) is 3.78. The first-order chi connectivity index (χ1) is 9.01. The molecule has 2 rings (SSSR count). The number of nitrogen functional groups attached to an aromatic ring is 1. The van der Waals surface area contributed by atoms with Crippen LogP contribution in [0, 0.1) is 19.7 Å². The van der Waals surface area contributed by atoms with Crippen molar-refractivity contribution in [1.29, 1.82) is 0 Å². The Morgan fingerprint density at radius 1 is 1.05 bits per heavy atom. The van der Waals surface area contributed by atoms with E-state index in [0.29, 0.717) is 11.4 Å². The Morgan fingerprint density at radius 2 is 1.74 bits per heavy atom. The van der Waals surface area contributed by atoms with Crippen LogP contribution in [-0.2, 0) is 0 Å². The molecule has 0 saturated heterocycles. The number of halogens is 1. The van der Waals surface area contributed by atoms with Crippen molar-refractivity contribution in [1.82, 2.24) is 0 Å². The Bertz CT molecular complexity index is 611. The summed E-state index contributed by atoms with van der Waals surface area (Å²) in [6, 6.07) is 8.20. The van der Waals surface area contributed by atoms with Crippen LogP contribution in [0.2, 0.25) is 0 Å². The predicted molar refractivity (Wildman–Crippen MR) is 76.6 cm³/mol. The van der Waals surface area contributed by atoms with E-state index in [-0.39, 0.29) is 5.82 Å². The maximum Gasteiger partial charge on any atom is 0.142 e. The highest BCUT2D eigenvalue weighted by Crippen LogP contribution is 2.32. The molecule has 0 aliphatic carbocycles. The van der Waals surface area contributed by atoms with Gasteiger partial charge >= 0.3 is 0 Å². The molecule has 0 aliphatic heterocycles. The fourth-order valence-corrected chi connectivity index (χ4v) is 1.85. The summed E-state index contributed by atoms with van der Waals surface area (Å²) in [5, 5.41) is 3.17. The highest BCUT2D eigenvalue weighted by molar-refractivity contribution is 5.76. The van der Waals surface area contributed by atoms with Crippen molar-refractivity contribution in [2.45, 2.75) is 13.8 Å². The third kappa shape index (κ3) is 2.78. The summed E-state index contributed by atoms with van der Waals surface area (Å²) in [6.45, 7) is 4.04. The Hall–Kier alpha value is -2.23. The molecule has 0 saturated carbocycles. The zero-order valence-electron chi connectivity index (χ0n) is 11.3. The van der Waals surface area contributed by atoms with Gasteiger partial charge in [0.2, 0.25) is 0 Å². The highest BCUT2D eigenvalue weighted by Gasteiger charge is 2.08. The number of aryl methyl sites for hydroxylation is 2. The van der Waals surface area contributed by atoms with Crippen LogP contribution in [0.1, 0.15) is 11.1 Å². The number of methoxy groups -OCH3 is 1. The van der Waals surface area contributed by atoms with Gasteiger partial charge in [-0.05, 0) is 55.3 Å². The summed E-state index contributed by atoms with van der Waals surface area (Å²) in [4.78, 5) is 0. The summed E-state index contributed by atoms with van der Waals surface area (Å²) in [6.07, 6.45) is 0. The molecule has 0 fully saturated rings. The number of nitrogens with two attached hydrogens (primary N) is 1. The van der Waals surface area contributed by atoms with Crippen molar-refractivity contribution < 1.29 is 9.13 Å². The summed E-state index contributed by atoms with van der Waals surface area (Å²) in [5.41, 5.74) is 9.90. The first-order valence-electron chi connectivity index (χ1n) is 5.98. The number of hydrogen-bond acceptors (Lipinski definition) is 3. The number of rotatable bonds is 3. The molecule has 0 unspecified atom stereocenters. The van der Waals surface area contributed by atoms with E-state index in [1.165, 1.54) is 12.1 Å². The van der Waals surface area contributed by atoms with Gasteiger partial charge in [-0.25, -0.2) is 4.39 Å². The highest BCUT2D eigenvalue weighted by atomic mass is 19.1. The van der Waals surface area contributed by atoms with Crippen LogP contribution in [0.15, 0.2) is 30.3 Å². The van der Waals surface area contributed by atoms with E-state index in [1.54, 1.807) is 13.2 Å². The van der Waals surface area contributed by atoms with Crippen molar-refractivity contribution in [3.63, 3.8) is 0 Å². The van der Waals surface area contributed by atoms with Gasteiger partial charge in [0.25, 0.3) is 0 Å². The zero-order valence-corrected chi connectivity index (χ0v) is 11.3. The average molecular weight is 260 g/mol. The second kappa shape index (κ2) is 5.18. The van der Waals surface area contributed by atoms with Gasteiger partial charge in [-0.3, -0.25) is 0 Å². The van der Waals surface area contributed by atoms with Crippen LogP contribution in [0.3, 0.4) is 0 Å². The number of benzene rings is 2. The van der Waals surface area contributed by atoms with Crippen molar-refractivity contribution in [3.05, 3.63) is 47.3 Å². The molecule has 0 aromatic heterocycles. The SMILES string of the molecule is COc1cc(C)c(C)cc1Nc1ccc(F)cc1N. The summed E-state index contributed by atoms with van der Waals surface area (Å²) in [5.74, 6) is 0.377. The molecule has 100 valence electrons. The molecule has 0 aliphatic rings. The van der Waals surface area contributed by atoms with Crippen molar-refractivity contribution in [3.8, 4) is 5.75 Å². The quantitative estimate of drug-likeness (QED) is 0.826. The van der Waals surface area contributed by atoms with Gasteiger partial charge in [-0.1, -0.05) is 0 Å². The van der Waals surface area contributed by atoms with Gasteiger partial charge in [0.15, 0.2) is 0 Å². The van der Waals surface area contributed by atoms with Gasteiger partial charge in [0.1, 0.15) is 11.6 Å². The second-order valence-electron chi connectivity index (χ2n) is 4.49. The minimum atomic E-state index is -0.352. The standard InChI is InChI=1S/C15H17FN2O/c1-9-6-14(15(19-3)7-10(9)2)18-13-5-4-11(16)8-12(13)17/h4-8,18H,17H2,1-3H3. The van der Waals surface area contributed by atoms with E-state index in [2.05, 4.69) is 5.32 Å². The topological polar surface area (TPSA) is 47.3 Å². The molecule has 0 bridgehead atoms. The maximum atomic E-state index is 13.0. The Morgan fingerprint density at radius 3 is 2.37 bits per heavy atom. The average Bonchev–Trinajstić information content (AvgIpc) is 2.36. The lowest BCUT2D eigenvalue weighted by molar-refractivity contribution is 0.416. The van der Waals surface area contributed by atoms with Crippen LogP contribution in [0.4, 0.5) is 21.5 Å². The van der Waals surface area contributed by atoms with Crippen LogP contribution in [0.25, 0.3) is 0 Å². The summed E-state index contributed by atoms with van der Waals surface area (Å²) < 4.78 is 18.4. The molecule has 0 radical (unpaired) electrons. The zero-order chi connectivity index (χ0) is 14.0. The van der Waals surface area contributed by atoms with Crippen molar-refractivity contribution >= 4 is 17.1 Å². The maximum absolute atomic E-state index is 13.0. The number of hydrogen-bond donors (Lipinski definition) is 2. The van der Waals surface area contributed by atoms with E-state index >= 15 is 0 Å². The number of nitrogens with one attached hydrogen (secondary N) is 1. The van der Waals surface area contributed by atoms with E-state index in [0.717, 1.165) is 22.6 Å². The molecular weight excluding hydrogens is 243 g/mol. The number of ether oxygens (including phenoxy) is 1. The van der Waals surface area contributed by atoms with Gasteiger partial charge in [-0.2, -0.15) is 0 Å². The van der Waals surface area contributed by atoms with Crippen LogP contribution >= 0.6 is 0 Å². The molecule has 0 amide bonds. The van der Waals surface area contributed by atoms with Crippen molar-refractivity contribution in [2.75, 3.05) is 18.2 Å². The van der Waals surface area contributed by atoms with Crippen LogP contribution in [0.5, 0.6) is 5.75 Å². The monoisotopic (exact) mass is 260 g/mol. The first-order valence-corrected chi connectivity index (χ1v) is 5.98. The van der Waals surface area contributed by atoms with E-state index < -0.39 is 0 Å². The lowest BCUT2D eigenvalue weighted by atomic mass is 10.1. The molecule has 2 aromatic rings. The molecule has 0 spiro atoms. The molecule has 0 heterocycles. The third-order valence-electron chi connectivity index (χ3n) is 3.10. The smallest absolute Gasteiger partial charge is 0.142 e. The molecule has 3 nitrogen and oxygen atoms in total. The van der Waals surface area contributed by atoms with Gasteiger partial charge in [0.05, 0.1) is 24.2 Å². The first kappa shape index (κ1) is 13.2. The van der Waals surface area contributed by atoms with Crippen LogP contribution < -0.4 is 15.8 Å². The number of anilines is 3. The fourth-order valence-electron chi connectivity index (χ4n) is 1.85. The van der Waals surface area contributed by atoms with E-state index in [1.807, 2.05) is 26.0 Å². The molecular formula is C15H17FN2O. The minimum Gasteiger partial charge on any atom is -0.495 e. The molecule has 3 N–H and O–H groups in total. The second-order valence-corrected chi connectivity index (χ2v) is 4.49. The summed E-state index contributed by atoms with van der Waals surface area (Å²) in [7, 11) is 1.61. The van der Waals surface area contributed by atoms with Gasteiger partial charge < -0.3 is 15.8 Å². The molecule has 4 heteroatoms. The lowest BCUT2D eigenvalue weighted by Crippen LogP contribution is -2.00. The fraction of sp³-hybridized carbons (Fsp3) is 0.200. The van der Waals surface area contributed by atoms with Gasteiger partial charge in [-0.15, -0.1) is 0 Å². The molecule has 19 heavy (non-hydrogen) atoms. The molecule has 0 atom stereocenters. The van der Waals surface area contributed by atoms with Crippen LogP contribution in [-0.4, -0.2) is 7.11 Å². The minimum absolute atomic E-state index is 0.352. The lowest BCUT2D eigenvalue weighted by Gasteiger charge is -2.15. The third-order valence-corrected chi connectivity index (χ3v) is 3.10. The largest absolute Gasteiger partial charge is 0.495 e. The normalized spacial score (nSPS) is 10.3. The molecule has 2 aromatic carbocycles. The Kier molecular flexibility index (Phi) is 3.60. The van der Waals surface area contributed by atoms with Gasteiger partial charge in [0, 0.05) is 0 Å². The Labute approximate surface area is 112 Å². The Balaban J connectivity index is 2.40. The van der Waals surface area contributed by atoms with Crippen molar-refractivity contribution in [2.24, 2.45) is 0 Å².